The van der Waals surface area contributed by atoms with E-state index in [4.69, 9.17) is 5.73 Å². The van der Waals surface area contributed by atoms with E-state index in [0.29, 0.717) is 5.52 Å². The first-order valence-corrected chi connectivity index (χ1v) is 8.57. The number of nitrogens with zero attached hydrogens (tertiary/aromatic N) is 2. The molecule has 1 aromatic heterocycles. The second-order valence-corrected chi connectivity index (χ2v) is 7.32. The summed E-state index contributed by atoms with van der Waals surface area (Å²) >= 11 is 0. The molecule has 0 saturated heterocycles. The molecular formula is C14H21N3O2S. The molecule has 1 heterocycles. The van der Waals surface area contributed by atoms with Gasteiger partial charge in [-0.2, -0.15) is 0 Å². The van der Waals surface area contributed by atoms with Gasteiger partial charge in [0, 0.05) is 13.3 Å². The predicted octanol–water partition coefficient (Wildman–Crippen LogP) is 2.02. The molecule has 20 heavy (non-hydrogen) atoms. The molecular weight excluding hydrogens is 274 g/mol. The van der Waals surface area contributed by atoms with E-state index in [1.54, 1.807) is 12.1 Å². The van der Waals surface area contributed by atoms with Crippen molar-refractivity contribution in [3.8, 4) is 0 Å². The van der Waals surface area contributed by atoms with Crippen LogP contribution in [0.5, 0.6) is 0 Å². The number of hydrogen-bond donors (Lipinski definition) is 1. The normalized spacial score (nSPS) is 15.4. The minimum atomic E-state index is -3.30. The van der Waals surface area contributed by atoms with Gasteiger partial charge in [-0.25, -0.2) is 13.4 Å². The summed E-state index contributed by atoms with van der Waals surface area (Å²) in [7, 11) is -1.43. The number of aryl methyl sites for hydroxylation is 1. The van der Waals surface area contributed by atoms with Crippen molar-refractivity contribution < 1.29 is 8.42 Å². The van der Waals surface area contributed by atoms with Gasteiger partial charge in [0.05, 0.1) is 16.5 Å². The van der Waals surface area contributed by atoms with Gasteiger partial charge in [-0.15, -0.1) is 0 Å². The molecule has 2 atom stereocenters. The van der Waals surface area contributed by atoms with E-state index in [0.717, 1.165) is 17.8 Å². The monoisotopic (exact) mass is 295 g/mol. The second-order valence-electron chi connectivity index (χ2n) is 5.34. The number of sulfone groups is 1. The third kappa shape index (κ3) is 2.45. The minimum absolute atomic E-state index is 0.204. The number of para-hydroxylation sites is 1. The Morgan fingerprint density at radius 2 is 2.05 bits per heavy atom. The number of hydrogen-bond acceptors (Lipinski definition) is 4. The Morgan fingerprint density at radius 3 is 2.60 bits per heavy atom. The SMILES string of the molecule is CCC(C)C(N)c1nc2c(S(C)(=O)=O)cccc2n1C. The Bertz CT molecular complexity index is 734. The van der Waals surface area contributed by atoms with E-state index >= 15 is 0 Å². The van der Waals surface area contributed by atoms with Crippen LogP contribution in [0.25, 0.3) is 11.0 Å². The lowest BCUT2D eigenvalue weighted by molar-refractivity contribution is 0.432. The van der Waals surface area contributed by atoms with Crippen molar-refractivity contribution >= 4 is 20.9 Å². The highest BCUT2D eigenvalue weighted by molar-refractivity contribution is 7.91. The van der Waals surface area contributed by atoms with Crippen LogP contribution in [0.2, 0.25) is 0 Å². The fraction of sp³-hybridized carbons (Fsp3) is 0.500. The molecule has 2 N–H and O–H groups in total. The summed E-state index contributed by atoms with van der Waals surface area (Å²) < 4.78 is 25.6. The van der Waals surface area contributed by atoms with Crippen LogP contribution in [-0.4, -0.2) is 24.2 Å². The van der Waals surface area contributed by atoms with E-state index in [-0.39, 0.29) is 16.9 Å². The fourth-order valence-electron chi connectivity index (χ4n) is 2.31. The van der Waals surface area contributed by atoms with Gasteiger partial charge in [-0.3, -0.25) is 0 Å². The van der Waals surface area contributed by atoms with Crippen LogP contribution < -0.4 is 5.73 Å². The van der Waals surface area contributed by atoms with Gasteiger partial charge in [-0.1, -0.05) is 26.3 Å². The van der Waals surface area contributed by atoms with Crippen molar-refractivity contribution in [2.75, 3.05) is 6.26 Å². The summed E-state index contributed by atoms with van der Waals surface area (Å²) in [5, 5.41) is 0. The smallest absolute Gasteiger partial charge is 0.177 e. The summed E-state index contributed by atoms with van der Waals surface area (Å²) in [5.74, 6) is 1.01. The first kappa shape index (κ1) is 15.0. The van der Waals surface area contributed by atoms with Crippen molar-refractivity contribution in [1.82, 2.24) is 9.55 Å². The van der Waals surface area contributed by atoms with Gasteiger partial charge in [0.15, 0.2) is 9.84 Å². The van der Waals surface area contributed by atoms with Crippen molar-refractivity contribution in [1.29, 1.82) is 0 Å². The largest absolute Gasteiger partial charge is 0.330 e. The molecule has 0 aliphatic heterocycles. The molecule has 0 bridgehead atoms. The van der Waals surface area contributed by atoms with Gasteiger partial charge >= 0.3 is 0 Å². The lowest BCUT2D eigenvalue weighted by atomic mass is 9.99. The molecule has 0 aliphatic carbocycles. The van der Waals surface area contributed by atoms with Crippen LogP contribution in [0.15, 0.2) is 23.1 Å². The highest BCUT2D eigenvalue weighted by atomic mass is 32.2. The first-order chi connectivity index (χ1) is 9.27. The van der Waals surface area contributed by atoms with Crippen LogP contribution in [0.1, 0.15) is 32.1 Å². The standard InChI is InChI=1S/C14H21N3O2S/c1-5-9(2)12(15)14-16-13-10(17(14)3)7-6-8-11(13)20(4,18)19/h6-9,12H,5,15H2,1-4H3. The zero-order valence-corrected chi connectivity index (χ0v) is 13.1. The Balaban J connectivity index is 2.70. The highest BCUT2D eigenvalue weighted by Gasteiger charge is 2.22. The molecule has 6 heteroatoms. The Labute approximate surface area is 119 Å². The molecule has 1 aromatic carbocycles. The van der Waals surface area contributed by atoms with Crippen molar-refractivity contribution in [2.45, 2.75) is 31.2 Å². The number of benzene rings is 1. The molecule has 2 unspecified atom stereocenters. The lowest BCUT2D eigenvalue weighted by Crippen LogP contribution is -2.22. The zero-order valence-electron chi connectivity index (χ0n) is 12.3. The fourth-order valence-corrected chi connectivity index (χ4v) is 3.14. The van der Waals surface area contributed by atoms with Gasteiger partial charge in [-0.05, 0) is 18.1 Å². The van der Waals surface area contributed by atoms with Crippen LogP contribution in [0.4, 0.5) is 0 Å². The molecule has 0 radical (unpaired) electrons. The maximum absolute atomic E-state index is 11.8. The Morgan fingerprint density at radius 1 is 1.40 bits per heavy atom. The maximum atomic E-state index is 11.8. The lowest BCUT2D eigenvalue weighted by Gasteiger charge is -2.17. The predicted molar refractivity (Wildman–Crippen MR) is 80.2 cm³/mol. The summed E-state index contributed by atoms with van der Waals surface area (Å²) in [4.78, 5) is 4.76. The topological polar surface area (TPSA) is 78.0 Å². The molecule has 0 spiro atoms. The average Bonchev–Trinajstić information content (AvgIpc) is 2.73. The van der Waals surface area contributed by atoms with Crippen LogP contribution >= 0.6 is 0 Å². The molecule has 0 amide bonds. The van der Waals surface area contributed by atoms with Crippen molar-refractivity contribution in [3.05, 3.63) is 24.0 Å². The van der Waals surface area contributed by atoms with Gasteiger partial charge in [0.2, 0.25) is 0 Å². The number of nitrogens with two attached hydrogens (primary N) is 1. The Hall–Kier alpha value is -1.40. The van der Waals surface area contributed by atoms with Gasteiger partial charge in [0.25, 0.3) is 0 Å². The summed E-state index contributed by atoms with van der Waals surface area (Å²) in [6, 6.07) is 4.98. The van der Waals surface area contributed by atoms with Gasteiger partial charge < -0.3 is 10.3 Å². The number of aromatic nitrogens is 2. The van der Waals surface area contributed by atoms with Crippen LogP contribution in [0, 0.1) is 5.92 Å². The molecule has 0 saturated carbocycles. The molecule has 0 aliphatic rings. The van der Waals surface area contributed by atoms with Crippen LogP contribution in [0.3, 0.4) is 0 Å². The zero-order chi connectivity index (χ0) is 15.1. The molecule has 110 valence electrons. The number of fused-ring (bicyclic) bond motifs is 1. The van der Waals surface area contributed by atoms with E-state index in [1.807, 2.05) is 17.7 Å². The summed E-state index contributed by atoms with van der Waals surface area (Å²) in [6.07, 6.45) is 2.15. The van der Waals surface area contributed by atoms with Crippen molar-refractivity contribution in [3.63, 3.8) is 0 Å². The molecule has 5 nitrogen and oxygen atoms in total. The highest BCUT2D eigenvalue weighted by Crippen LogP contribution is 2.28. The quantitative estimate of drug-likeness (QED) is 0.936. The Kier molecular flexibility index (Phi) is 3.88. The van der Waals surface area contributed by atoms with E-state index in [9.17, 15) is 8.42 Å². The summed E-state index contributed by atoms with van der Waals surface area (Å²) in [5.41, 5.74) is 7.54. The average molecular weight is 295 g/mol. The number of imidazole rings is 1. The molecule has 2 aromatic rings. The minimum Gasteiger partial charge on any atom is -0.330 e. The van der Waals surface area contributed by atoms with E-state index < -0.39 is 9.84 Å². The summed E-state index contributed by atoms with van der Waals surface area (Å²) in [6.45, 7) is 4.15. The van der Waals surface area contributed by atoms with E-state index in [2.05, 4.69) is 18.8 Å². The number of rotatable bonds is 4. The third-order valence-corrected chi connectivity index (χ3v) is 4.99. The maximum Gasteiger partial charge on any atom is 0.177 e. The molecule has 0 fully saturated rings. The van der Waals surface area contributed by atoms with E-state index in [1.165, 1.54) is 6.26 Å². The first-order valence-electron chi connectivity index (χ1n) is 6.68. The van der Waals surface area contributed by atoms with Gasteiger partial charge in [0.1, 0.15) is 11.3 Å². The van der Waals surface area contributed by atoms with Crippen LogP contribution in [-0.2, 0) is 16.9 Å². The second kappa shape index (κ2) is 5.18. The third-order valence-electron chi connectivity index (χ3n) is 3.86. The molecule has 2 rings (SSSR count). The van der Waals surface area contributed by atoms with Crippen molar-refractivity contribution in [2.24, 2.45) is 18.7 Å².